The van der Waals surface area contributed by atoms with Crippen LogP contribution >= 0.6 is 15.9 Å². The van der Waals surface area contributed by atoms with Gasteiger partial charge < -0.3 is 9.47 Å². The molecular weight excluding hydrogens is 428 g/mol. The first-order valence-electron chi connectivity index (χ1n) is 8.73. The third-order valence-electron chi connectivity index (χ3n) is 4.28. The first-order valence-corrected chi connectivity index (χ1v) is 9.86. The summed E-state index contributed by atoms with van der Waals surface area (Å²) in [5.41, 5.74) is -0.473. The number of carbonyl (C=O) groups excluding carboxylic acids is 3. The summed E-state index contributed by atoms with van der Waals surface area (Å²) in [5, 5.41) is 4.11. The van der Waals surface area contributed by atoms with Crippen LogP contribution in [0.25, 0.3) is 10.9 Å². The molecule has 0 spiro atoms. The summed E-state index contributed by atoms with van der Waals surface area (Å²) in [6.45, 7) is 2.71. The Morgan fingerprint density at radius 1 is 1.25 bits per heavy atom. The molecule has 8 heteroatoms. The fourth-order valence-corrected chi connectivity index (χ4v) is 3.13. The molecular formula is C20H19BrN2O5. The summed E-state index contributed by atoms with van der Waals surface area (Å²) in [5.74, 6) is -2.10. The molecule has 7 nitrogen and oxygen atoms in total. The highest BCUT2D eigenvalue weighted by molar-refractivity contribution is 9.09. The van der Waals surface area contributed by atoms with E-state index >= 15 is 0 Å². The average Bonchev–Trinajstić information content (AvgIpc) is 2.91. The quantitative estimate of drug-likeness (QED) is 0.541. The number of ether oxygens (including phenoxy) is 2. The second kappa shape index (κ2) is 8.10. The SMILES string of the molecule is CC(=O)OC1=C(NC(=O)CCCBr)OC(C)(c2ccc3ccccc3n2)C1=O. The standard InChI is InChI=1S/C20H19BrN2O5/c1-12(24)27-17-18(26)20(2,28-19(17)23-16(25)8-5-11-21)15-10-9-13-6-3-4-7-14(13)22-15/h3-4,6-7,9-10H,5,8,11H2,1-2H3,(H,23,25). The number of nitrogens with one attached hydrogen (secondary N) is 1. The molecule has 146 valence electrons. The van der Waals surface area contributed by atoms with E-state index in [2.05, 4.69) is 26.2 Å². The van der Waals surface area contributed by atoms with Crippen molar-refractivity contribution in [3.63, 3.8) is 0 Å². The molecule has 0 bridgehead atoms. The van der Waals surface area contributed by atoms with E-state index in [-0.39, 0.29) is 24.0 Å². The van der Waals surface area contributed by atoms with Crippen LogP contribution in [0.3, 0.4) is 0 Å². The molecule has 1 aliphatic rings. The van der Waals surface area contributed by atoms with Gasteiger partial charge in [-0.05, 0) is 25.5 Å². The Morgan fingerprint density at radius 2 is 2.00 bits per heavy atom. The van der Waals surface area contributed by atoms with Crippen LogP contribution in [0.5, 0.6) is 0 Å². The number of fused-ring (bicyclic) bond motifs is 1. The molecule has 1 unspecified atom stereocenters. The Hall–Kier alpha value is -2.74. The van der Waals surface area contributed by atoms with Gasteiger partial charge in [0.25, 0.3) is 5.78 Å². The monoisotopic (exact) mass is 446 g/mol. The molecule has 0 radical (unpaired) electrons. The van der Waals surface area contributed by atoms with Crippen LogP contribution in [0, 0.1) is 0 Å². The Kier molecular flexibility index (Phi) is 5.79. The van der Waals surface area contributed by atoms with Crippen molar-refractivity contribution in [2.24, 2.45) is 0 Å². The highest BCUT2D eigenvalue weighted by Gasteiger charge is 2.51. The number of pyridine rings is 1. The summed E-state index contributed by atoms with van der Waals surface area (Å²) in [7, 11) is 0. The number of aromatic nitrogens is 1. The minimum atomic E-state index is -1.52. The molecule has 2 heterocycles. The Morgan fingerprint density at radius 3 is 2.71 bits per heavy atom. The van der Waals surface area contributed by atoms with Crippen LogP contribution in [-0.4, -0.2) is 28.0 Å². The molecule has 2 aromatic rings. The van der Waals surface area contributed by atoms with Gasteiger partial charge in [-0.15, -0.1) is 0 Å². The van der Waals surface area contributed by atoms with Crippen LogP contribution < -0.4 is 5.32 Å². The van der Waals surface area contributed by atoms with Gasteiger partial charge in [0.05, 0.1) is 11.2 Å². The molecule has 0 fully saturated rings. The number of ketones is 1. The molecule has 1 amide bonds. The predicted octanol–water partition coefficient (Wildman–Crippen LogP) is 3.07. The van der Waals surface area contributed by atoms with E-state index < -0.39 is 17.4 Å². The van der Waals surface area contributed by atoms with E-state index in [1.807, 2.05) is 30.3 Å². The van der Waals surface area contributed by atoms with Gasteiger partial charge in [-0.1, -0.05) is 40.2 Å². The molecule has 1 aliphatic heterocycles. The maximum Gasteiger partial charge on any atom is 0.308 e. The number of halogens is 1. The predicted molar refractivity (Wildman–Crippen MR) is 105 cm³/mol. The van der Waals surface area contributed by atoms with Gasteiger partial charge in [0.15, 0.2) is 0 Å². The third kappa shape index (κ3) is 3.91. The number of para-hydroxylation sites is 1. The second-order valence-electron chi connectivity index (χ2n) is 6.45. The molecule has 1 N–H and O–H groups in total. The first kappa shape index (κ1) is 20.0. The lowest BCUT2D eigenvalue weighted by Crippen LogP contribution is -2.33. The van der Waals surface area contributed by atoms with Gasteiger partial charge in [-0.2, -0.15) is 0 Å². The molecule has 1 aromatic heterocycles. The number of benzene rings is 1. The van der Waals surface area contributed by atoms with Crippen molar-refractivity contribution in [3.8, 4) is 0 Å². The van der Waals surface area contributed by atoms with E-state index in [1.54, 1.807) is 6.07 Å². The number of amides is 1. The summed E-state index contributed by atoms with van der Waals surface area (Å²) in [6, 6.07) is 11.0. The fraction of sp³-hybridized carbons (Fsp3) is 0.300. The topological polar surface area (TPSA) is 94.6 Å². The molecule has 3 rings (SSSR count). The third-order valence-corrected chi connectivity index (χ3v) is 4.84. The summed E-state index contributed by atoms with van der Waals surface area (Å²) in [6.07, 6.45) is 0.837. The Bertz CT molecular complexity index is 987. The number of esters is 1. The summed E-state index contributed by atoms with van der Waals surface area (Å²) >= 11 is 3.26. The van der Waals surface area contributed by atoms with Crippen molar-refractivity contribution < 1.29 is 23.9 Å². The zero-order chi connectivity index (χ0) is 20.3. The average molecular weight is 447 g/mol. The molecule has 1 atom stereocenters. The van der Waals surface area contributed by atoms with Crippen molar-refractivity contribution >= 4 is 44.5 Å². The molecule has 0 saturated heterocycles. The van der Waals surface area contributed by atoms with E-state index in [4.69, 9.17) is 9.47 Å². The lowest BCUT2D eigenvalue weighted by molar-refractivity contribution is -0.142. The Balaban J connectivity index is 1.95. The summed E-state index contributed by atoms with van der Waals surface area (Å²) in [4.78, 5) is 41.1. The van der Waals surface area contributed by atoms with Crippen LogP contribution in [0.1, 0.15) is 32.4 Å². The number of carbonyl (C=O) groups is 3. The van der Waals surface area contributed by atoms with Crippen molar-refractivity contribution in [3.05, 3.63) is 53.7 Å². The molecule has 28 heavy (non-hydrogen) atoms. The highest BCUT2D eigenvalue weighted by Crippen LogP contribution is 2.38. The van der Waals surface area contributed by atoms with Crippen molar-refractivity contribution in [1.82, 2.24) is 10.3 Å². The lowest BCUT2D eigenvalue weighted by Gasteiger charge is -2.22. The highest BCUT2D eigenvalue weighted by atomic mass is 79.9. The Labute approximate surface area is 170 Å². The number of hydrogen-bond donors (Lipinski definition) is 1. The van der Waals surface area contributed by atoms with Gasteiger partial charge in [-0.25, -0.2) is 4.98 Å². The van der Waals surface area contributed by atoms with Crippen molar-refractivity contribution in [2.75, 3.05) is 5.33 Å². The number of Topliss-reactive ketones (excluding diaryl/α,β-unsaturated/α-hetero) is 1. The van der Waals surface area contributed by atoms with E-state index in [0.29, 0.717) is 23.0 Å². The minimum Gasteiger partial charge on any atom is -0.455 e. The zero-order valence-electron chi connectivity index (χ0n) is 15.5. The van der Waals surface area contributed by atoms with Crippen LogP contribution in [-0.2, 0) is 29.5 Å². The fourth-order valence-electron chi connectivity index (χ4n) is 2.85. The van der Waals surface area contributed by atoms with E-state index in [1.165, 1.54) is 13.8 Å². The van der Waals surface area contributed by atoms with Crippen LogP contribution in [0.4, 0.5) is 0 Å². The molecule has 0 aliphatic carbocycles. The van der Waals surface area contributed by atoms with Gasteiger partial charge >= 0.3 is 5.97 Å². The number of hydrogen-bond acceptors (Lipinski definition) is 6. The zero-order valence-corrected chi connectivity index (χ0v) is 17.0. The largest absolute Gasteiger partial charge is 0.455 e. The smallest absolute Gasteiger partial charge is 0.308 e. The summed E-state index contributed by atoms with van der Waals surface area (Å²) < 4.78 is 10.9. The van der Waals surface area contributed by atoms with E-state index in [9.17, 15) is 14.4 Å². The lowest BCUT2D eigenvalue weighted by atomic mass is 9.95. The van der Waals surface area contributed by atoms with Crippen LogP contribution in [0.2, 0.25) is 0 Å². The maximum absolute atomic E-state index is 13.0. The van der Waals surface area contributed by atoms with Gasteiger partial charge in [-0.3, -0.25) is 19.7 Å². The van der Waals surface area contributed by atoms with E-state index in [0.717, 1.165) is 5.39 Å². The minimum absolute atomic E-state index is 0.169. The van der Waals surface area contributed by atoms with Gasteiger partial charge in [0.1, 0.15) is 0 Å². The van der Waals surface area contributed by atoms with Gasteiger partial charge in [0, 0.05) is 24.1 Å². The molecule has 0 saturated carbocycles. The van der Waals surface area contributed by atoms with Crippen LogP contribution in [0.15, 0.2) is 48.0 Å². The van der Waals surface area contributed by atoms with Crippen molar-refractivity contribution in [2.45, 2.75) is 32.3 Å². The normalized spacial score (nSPS) is 18.9. The number of rotatable bonds is 6. The number of alkyl halides is 1. The second-order valence-corrected chi connectivity index (χ2v) is 7.24. The maximum atomic E-state index is 13.0. The van der Waals surface area contributed by atoms with Gasteiger partial charge in [0.2, 0.25) is 23.2 Å². The van der Waals surface area contributed by atoms with Crippen molar-refractivity contribution in [1.29, 1.82) is 0 Å². The number of nitrogens with zero attached hydrogens (tertiary/aromatic N) is 1. The molecule has 1 aromatic carbocycles. The first-order chi connectivity index (χ1) is 13.3.